The van der Waals surface area contributed by atoms with Crippen LogP contribution < -0.4 is 10.2 Å². The highest BCUT2D eigenvalue weighted by molar-refractivity contribution is 9.10. The Kier molecular flexibility index (Phi) is 4.31. The van der Waals surface area contributed by atoms with Crippen LogP contribution in [-0.2, 0) is 0 Å². The van der Waals surface area contributed by atoms with Gasteiger partial charge in [-0.1, -0.05) is 0 Å². The van der Waals surface area contributed by atoms with Crippen molar-refractivity contribution >= 4 is 27.3 Å². The standard InChI is InChI=1S/C10H7BrN4O/c1-16-10-4-7(2-3-9(10)11)14-15-8(5-12)6-13/h2-4,14H,1H3. The Morgan fingerprint density at radius 1 is 1.44 bits per heavy atom. The molecule has 0 atom stereocenters. The van der Waals surface area contributed by atoms with Gasteiger partial charge in [0, 0.05) is 6.07 Å². The summed E-state index contributed by atoms with van der Waals surface area (Å²) in [5.41, 5.74) is 2.98. The van der Waals surface area contributed by atoms with Crippen LogP contribution in [0, 0.1) is 22.7 Å². The average molecular weight is 279 g/mol. The molecule has 6 heteroatoms. The van der Waals surface area contributed by atoms with Crippen LogP contribution in [0.3, 0.4) is 0 Å². The molecule has 16 heavy (non-hydrogen) atoms. The second-order valence-electron chi connectivity index (χ2n) is 2.65. The van der Waals surface area contributed by atoms with Crippen LogP contribution in [0.5, 0.6) is 5.75 Å². The second-order valence-corrected chi connectivity index (χ2v) is 3.50. The van der Waals surface area contributed by atoms with Gasteiger partial charge in [-0.2, -0.15) is 15.6 Å². The van der Waals surface area contributed by atoms with Crippen LogP contribution in [-0.4, -0.2) is 12.8 Å². The number of hydrogen-bond acceptors (Lipinski definition) is 5. The summed E-state index contributed by atoms with van der Waals surface area (Å²) in [6, 6.07) is 8.50. The van der Waals surface area contributed by atoms with E-state index in [0.717, 1.165) is 4.47 Å². The van der Waals surface area contributed by atoms with E-state index in [9.17, 15) is 0 Å². The lowest BCUT2D eigenvalue weighted by Crippen LogP contribution is -1.96. The predicted octanol–water partition coefficient (Wildman–Crippen LogP) is 2.27. The number of hydrazone groups is 1. The van der Waals surface area contributed by atoms with Gasteiger partial charge in [0.25, 0.3) is 0 Å². The van der Waals surface area contributed by atoms with Crippen LogP contribution in [0.15, 0.2) is 27.8 Å². The first-order chi connectivity index (χ1) is 7.71. The zero-order chi connectivity index (χ0) is 12.0. The van der Waals surface area contributed by atoms with Crippen LogP contribution in [0.1, 0.15) is 0 Å². The van der Waals surface area contributed by atoms with Gasteiger partial charge in [-0.15, -0.1) is 0 Å². The molecule has 1 aromatic rings. The molecule has 0 radical (unpaired) electrons. The molecule has 0 aliphatic carbocycles. The van der Waals surface area contributed by atoms with Crippen LogP contribution in [0.2, 0.25) is 0 Å². The van der Waals surface area contributed by atoms with Gasteiger partial charge in [0.1, 0.15) is 17.9 Å². The molecule has 1 rings (SSSR count). The number of halogens is 1. The van der Waals surface area contributed by atoms with Gasteiger partial charge < -0.3 is 4.74 Å². The molecule has 0 saturated carbocycles. The Balaban J connectivity index is 2.88. The van der Waals surface area contributed by atoms with Crippen LogP contribution in [0.25, 0.3) is 0 Å². The van der Waals surface area contributed by atoms with Crippen molar-refractivity contribution in [1.29, 1.82) is 10.5 Å². The molecule has 0 spiro atoms. The summed E-state index contributed by atoms with van der Waals surface area (Å²) < 4.78 is 5.89. The average Bonchev–Trinajstić information content (AvgIpc) is 2.32. The molecule has 0 aliphatic rings. The lowest BCUT2D eigenvalue weighted by Gasteiger charge is -2.05. The van der Waals surface area contributed by atoms with E-state index < -0.39 is 0 Å². The first-order valence-electron chi connectivity index (χ1n) is 4.18. The topological polar surface area (TPSA) is 81.2 Å². The number of anilines is 1. The molecule has 0 aliphatic heterocycles. The zero-order valence-corrected chi connectivity index (χ0v) is 9.95. The molecule has 0 bridgehead atoms. The third-order valence-electron chi connectivity index (χ3n) is 1.66. The fourth-order valence-electron chi connectivity index (χ4n) is 0.925. The maximum absolute atomic E-state index is 8.47. The monoisotopic (exact) mass is 278 g/mol. The molecule has 80 valence electrons. The number of hydrogen-bond donors (Lipinski definition) is 1. The van der Waals surface area contributed by atoms with Gasteiger partial charge in [0.15, 0.2) is 0 Å². The second kappa shape index (κ2) is 5.74. The molecule has 0 amide bonds. The molecule has 0 fully saturated rings. The van der Waals surface area contributed by atoms with E-state index in [1.807, 2.05) is 0 Å². The minimum Gasteiger partial charge on any atom is -0.495 e. The number of benzene rings is 1. The predicted molar refractivity (Wildman–Crippen MR) is 63.0 cm³/mol. The van der Waals surface area contributed by atoms with E-state index in [1.165, 1.54) is 0 Å². The summed E-state index contributed by atoms with van der Waals surface area (Å²) in [6.07, 6.45) is 0. The molecule has 0 heterocycles. The highest BCUT2D eigenvalue weighted by Crippen LogP contribution is 2.27. The Hall–Kier alpha value is -2.05. The van der Waals surface area contributed by atoms with Gasteiger partial charge in [-0.25, -0.2) is 0 Å². The van der Waals surface area contributed by atoms with Crippen molar-refractivity contribution in [3.05, 3.63) is 22.7 Å². The minimum atomic E-state index is -0.234. The summed E-state index contributed by atoms with van der Waals surface area (Å²) in [4.78, 5) is 0. The molecule has 1 aromatic carbocycles. The molecule has 0 saturated heterocycles. The van der Waals surface area contributed by atoms with Crippen molar-refractivity contribution in [2.24, 2.45) is 5.10 Å². The van der Waals surface area contributed by atoms with Gasteiger partial charge in [-0.3, -0.25) is 5.43 Å². The van der Waals surface area contributed by atoms with Crippen LogP contribution >= 0.6 is 15.9 Å². The van der Waals surface area contributed by atoms with Crippen molar-refractivity contribution in [3.8, 4) is 17.9 Å². The fraction of sp³-hybridized carbons (Fsp3) is 0.100. The molecule has 1 N–H and O–H groups in total. The van der Waals surface area contributed by atoms with E-state index in [1.54, 1.807) is 37.4 Å². The fourth-order valence-corrected chi connectivity index (χ4v) is 1.33. The molecule has 0 aromatic heterocycles. The highest BCUT2D eigenvalue weighted by Gasteiger charge is 2.01. The first-order valence-corrected chi connectivity index (χ1v) is 4.98. The van der Waals surface area contributed by atoms with Crippen molar-refractivity contribution in [2.75, 3.05) is 12.5 Å². The van der Waals surface area contributed by atoms with E-state index in [2.05, 4.69) is 26.5 Å². The first kappa shape index (κ1) is 12.0. The van der Waals surface area contributed by atoms with Crippen molar-refractivity contribution < 1.29 is 4.74 Å². The van der Waals surface area contributed by atoms with E-state index in [-0.39, 0.29) is 5.71 Å². The normalized spacial score (nSPS) is 8.50. The Morgan fingerprint density at radius 2 is 2.12 bits per heavy atom. The number of nitriles is 2. The zero-order valence-electron chi connectivity index (χ0n) is 8.36. The third kappa shape index (κ3) is 2.97. The third-order valence-corrected chi connectivity index (χ3v) is 2.31. The summed E-state index contributed by atoms with van der Waals surface area (Å²) in [5.74, 6) is 0.635. The number of methoxy groups -OCH3 is 1. The summed E-state index contributed by atoms with van der Waals surface area (Å²) in [7, 11) is 1.54. The number of rotatable bonds is 3. The number of nitrogens with one attached hydrogen (secondary N) is 1. The molecular weight excluding hydrogens is 272 g/mol. The molecule has 0 unspecified atom stereocenters. The maximum atomic E-state index is 8.47. The number of nitrogens with zero attached hydrogens (tertiary/aromatic N) is 3. The van der Waals surface area contributed by atoms with Crippen molar-refractivity contribution in [3.63, 3.8) is 0 Å². The van der Waals surface area contributed by atoms with Gasteiger partial charge >= 0.3 is 0 Å². The summed E-state index contributed by atoms with van der Waals surface area (Å²) >= 11 is 3.30. The SMILES string of the molecule is COc1cc(NN=C(C#N)C#N)ccc1Br. The van der Waals surface area contributed by atoms with Gasteiger partial charge in [0.2, 0.25) is 5.71 Å². The van der Waals surface area contributed by atoms with E-state index >= 15 is 0 Å². The van der Waals surface area contributed by atoms with Crippen LogP contribution in [0.4, 0.5) is 5.69 Å². The highest BCUT2D eigenvalue weighted by atomic mass is 79.9. The lowest BCUT2D eigenvalue weighted by molar-refractivity contribution is 0.412. The number of ether oxygens (including phenoxy) is 1. The Labute approximate surface area is 101 Å². The molecular formula is C10H7BrN4O. The van der Waals surface area contributed by atoms with E-state index in [4.69, 9.17) is 15.3 Å². The Bertz CT molecular complexity index is 483. The maximum Gasteiger partial charge on any atom is 0.237 e. The van der Waals surface area contributed by atoms with E-state index in [0.29, 0.717) is 11.4 Å². The minimum absolute atomic E-state index is 0.234. The smallest absolute Gasteiger partial charge is 0.237 e. The van der Waals surface area contributed by atoms with Crippen molar-refractivity contribution in [2.45, 2.75) is 0 Å². The Morgan fingerprint density at radius 3 is 2.69 bits per heavy atom. The van der Waals surface area contributed by atoms with Gasteiger partial charge in [0.05, 0.1) is 17.3 Å². The summed E-state index contributed by atoms with van der Waals surface area (Å²) in [6.45, 7) is 0. The largest absolute Gasteiger partial charge is 0.495 e. The lowest BCUT2D eigenvalue weighted by atomic mass is 10.3. The van der Waals surface area contributed by atoms with Gasteiger partial charge in [-0.05, 0) is 28.1 Å². The molecule has 5 nitrogen and oxygen atoms in total. The quantitative estimate of drug-likeness (QED) is 0.679. The van der Waals surface area contributed by atoms with Crippen molar-refractivity contribution in [1.82, 2.24) is 0 Å². The summed E-state index contributed by atoms with van der Waals surface area (Å²) in [5, 5.41) is 20.6.